The number of carbonyl (C=O) groups excluding carboxylic acids is 2. The molecule has 0 atom stereocenters. The number of nitrogens with one attached hydrogen (secondary N) is 2. The molecule has 0 saturated heterocycles. The van der Waals surface area contributed by atoms with E-state index in [0.717, 1.165) is 22.0 Å². The number of rotatable bonds is 6. The Bertz CT molecular complexity index is 1140. The van der Waals surface area contributed by atoms with Crippen LogP contribution >= 0.6 is 0 Å². The summed E-state index contributed by atoms with van der Waals surface area (Å²) < 4.78 is 0. The fraction of sp³-hybridized carbons (Fsp3) is 0.120. The smallest absolute Gasteiger partial charge is 0.316 e. The SMILES string of the molecule is O=C(NCCc1c[nH]c2ccccc12)C(=O)N(Cc1ccccc1)c1ccccc1. The summed E-state index contributed by atoms with van der Waals surface area (Å²) in [7, 11) is 0. The van der Waals surface area contributed by atoms with Crippen molar-refractivity contribution in [3.63, 3.8) is 0 Å². The molecule has 5 heteroatoms. The highest BCUT2D eigenvalue weighted by Gasteiger charge is 2.23. The van der Waals surface area contributed by atoms with Crippen molar-refractivity contribution in [3.05, 3.63) is 102 Å². The van der Waals surface area contributed by atoms with Crippen LogP contribution in [0.4, 0.5) is 5.69 Å². The summed E-state index contributed by atoms with van der Waals surface area (Å²) in [4.78, 5) is 30.3. The third-order valence-electron chi connectivity index (χ3n) is 5.05. The lowest BCUT2D eigenvalue weighted by Gasteiger charge is -2.22. The quantitative estimate of drug-likeness (QED) is 0.482. The number of nitrogens with zero attached hydrogens (tertiary/aromatic N) is 1. The molecule has 30 heavy (non-hydrogen) atoms. The predicted octanol–water partition coefficient (Wildman–Crippen LogP) is 4.06. The Balaban J connectivity index is 1.43. The Morgan fingerprint density at radius 1 is 0.833 bits per heavy atom. The summed E-state index contributed by atoms with van der Waals surface area (Å²) >= 11 is 0. The third-order valence-corrected chi connectivity index (χ3v) is 5.05. The summed E-state index contributed by atoms with van der Waals surface area (Å²) in [5.41, 5.74) is 3.83. The van der Waals surface area contributed by atoms with Crippen molar-refractivity contribution in [2.75, 3.05) is 11.4 Å². The molecule has 0 aliphatic carbocycles. The van der Waals surface area contributed by atoms with E-state index in [1.807, 2.05) is 91.1 Å². The van der Waals surface area contributed by atoms with Crippen LogP contribution in [0.15, 0.2) is 91.1 Å². The lowest BCUT2D eigenvalue weighted by Crippen LogP contribution is -2.43. The van der Waals surface area contributed by atoms with E-state index in [4.69, 9.17) is 0 Å². The molecule has 2 amide bonds. The summed E-state index contributed by atoms with van der Waals surface area (Å²) in [6, 6.07) is 27.0. The van der Waals surface area contributed by atoms with E-state index >= 15 is 0 Å². The van der Waals surface area contributed by atoms with Crippen LogP contribution in [0.1, 0.15) is 11.1 Å². The first-order valence-electron chi connectivity index (χ1n) is 9.96. The number of H-pyrrole nitrogens is 1. The number of amides is 2. The standard InChI is InChI=1S/C25H23N3O2/c29-24(26-16-15-20-17-27-23-14-8-7-13-22(20)23)25(30)28(21-11-5-2-6-12-21)18-19-9-3-1-4-10-19/h1-14,17,27H,15-16,18H2,(H,26,29). The lowest BCUT2D eigenvalue weighted by molar-refractivity contribution is -0.137. The monoisotopic (exact) mass is 397 g/mol. The van der Waals surface area contributed by atoms with E-state index in [0.29, 0.717) is 25.2 Å². The van der Waals surface area contributed by atoms with Crippen molar-refractivity contribution in [1.29, 1.82) is 0 Å². The molecular formula is C25H23N3O2. The van der Waals surface area contributed by atoms with Gasteiger partial charge in [-0.2, -0.15) is 0 Å². The first kappa shape index (κ1) is 19.5. The fourth-order valence-corrected chi connectivity index (χ4v) is 3.50. The zero-order chi connectivity index (χ0) is 20.8. The minimum atomic E-state index is -0.602. The topological polar surface area (TPSA) is 65.2 Å². The minimum absolute atomic E-state index is 0.333. The molecule has 5 nitrogen and oxygen atoms in total. The number of aromatic amines is 1. The van der Waals surface area contributed by atoms with Crippen molar-refractivity contribution < 1.29 is 9.59 Å². The maximum absolute atomic E-state index is 13.0. The largest absolute Gasteiger partial charge is 0.361 e. The van der Waals surface area contributed by atoms with Gasteiger partial charge in [0.1, 0.15) is 0 Å². The van der Waals surface area contributed by atoms with Crippen molar-refractivity contribution in [1.82, 2.24) is 10.3 Å². The van der Waals surface area contributed by atoms with Gasteiger partial charge in [0, 0.05) is 29.3 Å². The summed E-state index contributed by atoms with van der Waals surface area (Å²) in [5, 5.41) is 3.91. The first-order chi connectivity index (χ1) is 14.7. The van der Waals surface area contributed by atoms with Crippen LogP contribution in [-0.4, -0.2) is 23.3 Å². The molecule has 2 N–H and O–H groups in total. The van der Waals surface area contributed by atoms with Crippen LogP contribution < -0.4 is 10.2 Å². The number of fused-ring (bicyclic) bond motifs is 1. The average Bonchev–Trinajstić information content (AvgIpc) is 3.21. The Kier molecular flexibility index (Phi) is 5.90. The molecular weight excluding hydrogens is 374 g/mol. The molecule has 0 spiro atoms. The second-order valence-corrected chi connectivity index (χ2v) is 7.08. The van der Waals surface area contributed by atoms with E-state index < -0.39 is 11.8 Å². The highest BCUT2D eigenvalue weighted by molar-refractivity contribution is 6.40. The van der Waals surface area contributed by atoms with Gasteiger partial charge in [0.25, 0.3) is 0 Å². The van der Waals surface area contributed by atoms with Gasteiger partial charge >= 0.3 is 11.8 Å². The summed E-state index contributed by atoms with van der Waals surface area (Å²) in [6.45, 7) is 0.722. The van der Waals surface area contributed by atoms with Crippen molar-refractivity contribution in [3.8, 4) is 0 Å². The molecule has 0 saturated carbocycles. The van der Waals surface area contributed by atoms with E-state index in [9.17, 15) is 9.59 Å². The Hall–Kier alpha value is -3.86. The minimum Gasteiger partial charge on any atom is -0.361 e. The molecule has 150 valence electrons. The number of carbonyl (C=O) groups is 2. The Morgan fingerprint density at radius 2 is 1.50 bits per heavy atom. The molecule has 0 radical (unpaired) electrons. The number of benzene rings is 3. The molecule has 0 bridgehead atoms. The molecule has 4 rings (SSSR count). The highest BCUT2D eigenvalue weighted by atomic mass is 16.2. The van der Waals surface area contributed by atoms with E-state index in [1.165, 1.54) is 4.90 Å². The van der Waals surface area contributed by atoms with Gasteiger partial charge in [-0.3, -0.25) is 14.5 Å². The second kappa shape index (κ2) is 9.09. The summed E-state index contributed by atoms with van der Waals surface area (Å²) in [6.07, 6.45) is 2.59. The van der Waals surface area contributed by atoms with Gasteiger partial charge in [-0.25, -0.2) is 0 Å². The van der Waals surface area contributed by atoms with Gasteiger partial charge in [-0.05, 0) is 35.7 Å². The number of hydrogen-bond acceptors (Lipinski definition) is 2. The van der Waals surface area contributed by atoms with E-state index in [1.54, 1.807) is 0 Å². The predicted molar refractivity (Wildman–Crippen MR) is 119 cm³/mol. The van der Waals surface area contributed by atoms with Crippen LogP contribution in [0.25, 0.3) is 10.9 Å². The molecule has 3 aromatic carbocycles. The molecule has 0 aliphatic rings. The molecule has 0 fully saturated rings. The van der Waals surface area contributed by atoms with Crippen molar-refractivity contribution >= 4 is 28.4 Å². The zero-order valence-corrected chi connectivity index (χ0v) is 16.5. The average molecular weight is 397 g/mol. The van der Waals surface area contributed by atoms with Crippen LogP contribution in [-0.2, 0) is 22.6 Å². The third kappa shape index (κ3) is 4.41. The van der Waals surface area contributed by atoms with Gasteiger partial charge in [-0.1, -0.05) is 66.7 Å². The molecule has 0 unspecified atom stereocenters. The number of anilines is 1. The molecule has 1 heterocycles. The molecule has 0 aliphatic heterocycles. The van der Waals surface area contributed by atoms with Crippen LogP contribution in [0, 0.1) is 0 Å². The van der Waals surface area contributed by atoms with Crippen LogP contribution in [0.5, 0.6) is 0 Å². The number of aromatic nitrogens is 1. The van der Waals surface area contributed by atoms with Crippen LogP contribution in [0.3, 0.4) is 0 Å². The lowest BCUT2D eigenvalue weighted by atomic mass is 10.1. The van der Waals surface area contributed by atoms with Gasteiger partial charge in [0.05, 0.1) is 6.54 Å². The van der Waals surface area contributed by atoms with Crippen molar-refractivity contribution in [2.24, 2.45) is 0 Å². The zero-order valence-electron chi connectivity index (χ0n) is 16.5. The van der Waals surface area contributed by atoms with Gasteiger partial charge in [-0.15, -0.1) is 0 Å². The second-order valence-electron chi connectivity index (χ2n) is 7.08. The Labute approximate surface area is 175 Å². The van der Waals surface area contributed by atoms with Crippen molar-refractivity contribution in [2.45, 2.75) is 13.0 Å². The molecule has 4 aromatic rings. The maximum atomic E-state index is 13.0. The summed E-state index contributed by atoms with van der Waals surface area (Å²) in [5.74, 6) is -1.17. The normalized spacial score (nSPS) is 10.7. The molecule has 1 aromatic heterocycles. The van der Waals surface area contributed by atoms with Crippen LogP contribution in [0.2, 0.25) is 0 Å². The number of para-hydroxylation sites is 2. The first-order valence-corrected chi connectivity index (χ1v) is 9.96. The Morgan fingerprint density at radius 3 is 2.27 bits per heavy atom. The number of hydrogen-bond donors (Lipinski definition) is 2. The van der Waals surface area contributed by atoms with E-state index in [-0.39, 0.29) is 0 Å². The highest BCUT2D eigenvalue weighted by Crippen LogP contribution is 2.19. The van der Waals surface area contributed by atoms with Gasteiger partial charge < -0.3 is 10.3 Å². The fourth-order valence-electron chi connectivity index (χ4n) is 3.50. The van der Waals surface area contributed by atoms with Gasteiger partial charge in [0.15, 0.2) is 0 Å². The van der Waals surface area contributed by atoms with Gasteiger partial charge in [0.2, 0.25) is 0 Å². The maximum Gasteiger partial charge on any atom is 0.316 e. The van der Waals surface area contributed by atoms with E-state index in [2.05, 4.69) is 10.3 Å².